The van der Waals surface area contributed by atoms with Crippen LogP contribution in [0.25, 0.3) is 10.9 Å². The summed E-state index contributed by atoms with van der Waals surface area (Å²) in [7, 11) is 0. The Morgan fingerprint density at radius 3 is 2.72 bits per heavy atom. The highest BCUT2D eigenvalue weighted by Gasteiger charge is 2.24. The number of nitrogens with one attached hydrogen (secondary N) is 2. The van der Waals surface area contributed by atoms with Crippen LogP contribution in [0.5, 0.6) is 0 Å². The number of H-pyrrole nitrogens is 1. The van der Waals surface area contributed by atoms with E-state index in [1.165, 1.54) is 18.2 Å². The predicted molar refractivity (Wildman–Crippen MR) is 87.9 cm³/mol. The number of fused-ring (bicyclic) bond motifs is 3. The van der Waals surface area contributed by atoms with E-state index in [0.717, 1.165) is 47.1 Å². The molecule has 0 saturated carbocycles. The number of carbonyl (C=O) groups is 1. The van der Waals surface area contributed by atoms with Crippen molar-refractivity contribution in [3.8, 4) is 0 Å². The Kier molecular flexibility index (Phi) is 3.75. The molecule has 1 amide bonds. The largest absolute Gasteiger partial charge is 0.358 e. The van der Waals surface area contributed by atoms with E-state index in [1.54, 1.807) is 6.07 Å². The highest BCUT2D eigenvalue weighted by Crippen LogP contribution is 2.29. The average Bonchev–Trinajstić information content (AvgIpc) is 2.94. The van der Waals surface area contributed by atoms with Crippen molar-refractivity contribution in [2.75, 3.05) is 0 Å². The molecule has 6 heteroatoms. The van der Waals surface area contributed by atoms with Crippen molar-refractivity contribution < 1.29 is 18.0 Å². The van der Waals surface area contributed by atoms with Gasteiger partial charge in [-0.1, -0.05) is 0 Å². The second-order valence-electron chi connectivity index (χ2n) is 6.31. The molecule has 3 nitrogen and oxygen atoms in total. The summed E-state index contributed by atoms with van der Waals surface area (Å²) < 4.78 is 39.6. The number of carbonyl (C=O) groups excluding carboxylic acids is 1. The molecule has 1 aromatic heterocycles. The second-order valence-corrected chi connectivity index (χ2v) is 6.31. The van der Waals surface area contributed by atoms with Gasteiger partial charge in [0.2, 0.25) is 0 Å². The molecule has 1 atom stereocenters. The van der Waals surface area contributed by atoms with Crippen molar-refractivity contribution in [3.63, 3.8) is 0 Å². The van der Waals surface area contributed by atoms with Gasteiger partial charge in [0.15, 0.2) is 11.6 Å². The minimum atomic E-state index is -1.04. The second kappa shape index (κ2) is 5.95. The molecule has 3 aromatic rings. The van der Waals surface area contributed by atoms with Crippen molar-refractivity contribution in [2.24, 2.45) is 0 Å². The predicted octanol–water partition coefficient (Wildman–Crippen LogP) is 3.87. The summed E-state index contributed by atoms with van der Waals surface area (Å²) >= 11 is 0. The summed E-state index contributed by atoms with van der Waals surface area (Å²) in [5.74, 6) is -2.75. The van der Waals surface area contributed by atoms with Crippen LogP contribution in [0, 0.1) is 17.5 Å². The van der Waals surface area contributed by atoms with Crippen molar-refractivity contribution in [3.05, 3.63) is 70.7 Å². The summed E-state index contributed by atoms with van der Waals surface area (Å²) in [5, 5.41) is 3.82. The fourth-order valence-electron chi connectivity index (χ4n) is 3.43. The lowest BCUT2D eigenvalue weighted by Gasteiger charge is -2.23. The van der Waals surface area contributed by atoms with Crippen molar-refractivity contribution in [1.82, 2.24) is 10.3 Å². The normalized spacial score (nSPS) is 16.7. The minimum Gasteiger partial charge on any atom is -0.358 e. The van der Waals surface area contributed by atoms with E-state index in [2.05, 4.69) is 10.3 Å². The molecular formula is C19H15F3N2O. The zero-order valence-electron chi connectivity index (χ0n) is 13.2. The smallest absolute Gasteiger partial charge is 0.251 e. The number of hydrogen-bond acceptors (Lipinski definition) is 1. The number of aryl methyl sites for hydroxylation is 1. The van der Waals surface area contributed by atoms with Crippen LogP contribution in [0.2, 0.25) is 0 Å². The molecule has 2 aromatic carbocycles. The molecule has 0 aliphatic heterocycles. The van der Waals surface area contributed by atoms with E-state index < -0.39 is 17.5 Å². The fraction of sp³-hybridized carbons (Fsp3) is 0.211. The number of hydrogen-bond donors (Lipinski definition) is 2. The molecule has 2 N–H and O–H groups in total. The van der Waals surface area contributed by atoms with Gasteiger partial charge in [-0.05, 0) is 61.2 Å². The van der Waals surface area contributed by atoms with Crippen LogP contribution >= 0.6 is 0 Å². The molecule has 4 rings (SSSR count). The molecule has 128 valence electrons. The first-order valence-corrected chi connectivity index (χ1v) is 8.06. The molecule has 1 unspecified atom stereocenters. The van der Waals surface area contributed by atoms with Crippen molar-refractivity contribution >= 4 is 16.8 Å². The minimum absolute atomic E-state index is 0.0886. The molecule has 1 aliphatic rings. The highest BCUT2D eigenvalue weighted by atomic mass is 19.2. The molecule has 0 radical (unpaired) electrons. The van der Waals surface area contributed by atoms with Crippen LogP contribution < -0.4 is 5.32 Å². The maximum absolute atomic E-state index is 13.4. The molecule has 0 bridgehead atoms. The fourth-order valence-corrected chi connectivity index (χ4v) is 3.43. The summed E-state index contributed by atoms with van der Waals surface area (Å²) in [6, 6.07) is 7.60. The van der Waals surface area contributed by atoms with Crippen molar-refractivity contribution in [2.45, 2.75) is 25.3 Å². The zero-order valence-corrected chi connectivity index (χ0v) is 13.2. The van der Waals surface area contributed by atoms with Crippen LogP contribution in [-0.4, -0.2) is 16.9 Å². The van der Waals surface area contributed by atoms with Gasteiger partial charge in [0, 0.05) is 28.2 Å². The van der Waals surface area contributed by atoms with Gasteiger partial charge in [0.05, 0.1) is 0 Å². The number of rotatable bonds is 2. The van der Waals surface area contributed by atoms with Crippen LogP contribution in [0.3, 0.4) is 0 Å². The molecule has 0 saturated heterocycles. The molecular weight excluding hydrogens is 329 g/mol. The lowest BCUT2D eigenvalue weighted by atomic mass is 9.91. The number of halogens is 3. The lowest BCUT2D eigenvalue weighted by Crippen LogP contribution is -2.38. The van der Waals surface area contributed by atoms with E-state index in [1.807, 2.05) is 0 Å². The number of aromatic amines is 1. The van der Waals surface area contributed by atoms with E-state index >= 15 is 0 Å². The Morgan fingerprint density at radius 2 is 1.92 bits per heavy atom. The first-order chi connectivity index (χ1) is 12.0. The Bertz CT molecular complexity index is 980. The SMILES string of the molecule is O=C(NC1CCc2[nH]c3cc(F)ccc3c2C1)c1ccc(F)c(F)c1. The van der Waals surface area contributed by atoms with Gasteiger partial charge in [-0.25, -0.2) is 13.2 Å². The van der Waals surface area contributed by atoms with E-state index in [-0.39, 0.29) is 17.4 Å². The Labute approximate surface area is 141 Å². The maximum Gasteiger partial charge on any atom is 0.251 e. The van der Waals surface area contributed by atoms with Gasteiger partial charge >= 0.3 is 0 Å². The van der Waals surface area contributed by atoms with Gasteiger partial charge in [0.25, 0.3) is 5.91 Å². The van der Waals surface area contributed by atoms with Gasteiger partial charge in [-0.3, -0.25) is 4.79 Å². The summed E-state index contributed by atoms with van der Waals surface area (Å²) in [6.07, 6.45) is 2.06. The molecule has 25 heavy (non-hydrogen) atoms. The average molecular weight is 344 g/mol. The first kappa shape index (κ1) is 15.7. The van der Waals surface area contributed by atoms with Gasteiger partial charge in [-0.2, -0.15) is 0 Å². The van der Waals surface area contributed by atoms with E-state index in [4.69, 9.17) is 0 Å². The van der Waals surface area contributed by atoms with Gasteiger partial charge in [0.1, 0.15) is 5.82 Å². The van der Waals surface area contributed by atoms with E-state index in [0.29, 0.717) is 6.42 Å². The third-order valence-electron chi connectivity index (χ3n) is 4.67. The van der Waals surface area contributed by atoms with Crippen LogP contribution in [0.15, 0.2) is 36.4 Å². The zero-order chi connectivity index (χ0) is 17.6. The van der Waals surface area contributed by atoms with Crippen LogP contribution in [0.1, 0.15) is 28.0 Å². The Morgan fingerprint density at radius 1 is 1.08 bits per heavy atom. The highest BCUT2D eigenvalue weighted by molar-refractivity contribution is 5.94. The van der Waals surface area contributed by atoms with E-state index in [9.17, 15) is 18.0 Å². The number of aromatic nitrogens is 1. The summed E-state index contributed by atoms with van der Waals surface area (Å²) in [5.41, 5.74) is 2.96. The third-order valence-corrected chi connectivity index (χ3v) is 4.67. The van der Waals surface area contributed by atoms with Gasteiger partial charge < -0.3 is 10.3 Å². The standard InChI is InChI=1S/C19H15F3N2O/c20-11-2-4-13-14-9-12(3-6-17(14)24-18(13)8-11)23-19(25)10-1-5-15(21)16(22)7-10/h1-2,4-5,7-8,12,24H,3,6,9H2,(H,23,25). The molecule has 1 aliphatic carbocycles. The third kappa shape index (κ3) is 2.88. The number of benzene rings is 2. The summed E-state index contributed by atoms with van der Waals surface area (Å²) in [6.45, 7) is 0. The maximum atomic E-state index is 13.4. The summed E-state index contributed by atoms with van der Waals surface area (Å²) in [4.78, 5) is 15.5. The van der Waals surface area contributed by atoms with Crippen LogP contribution in [-0.2, 0) is 12.8 Å². The molecule has 0 fully saturated rings. The molecule has 1 heterocycles. The Hall–Kier alpha value is -2.76. The van der Waals surface area contributed by atoms with Gasteiger partial charge in [-0.15, -0.1) is 0 Å². The topological polar surface area (TPSA) is 44.9 Å². The molecule has 0 spiro atoms. The lowest BCUT2D eigenvalue weighted by molar-refractivity contribution is 0.0933. The Balaban J connectivity index is 1.55. The monoisotopic (exact) mass is 344 g/mol. The first-order valence-electron chi connectivity index (χ1n) is 8.06. The van der Waals surface area contributed by atoms with Crippen molar-refractivity contribution in [1.29, 1.82) is 0 Å². The van der Waals surface area contributed by atoms with Crippen LogP contribution in [0.4, 0.5) is 13.2 Å². The quantitative estimate of drug-likeness (QED) is 0.728. The number of amides is 1.